The number of halogens is 2. The van der Waals surface area contributed by atoms with E-state index in [1.807, 2.05) is 11.7 Å². The number of morpholine rings is 1. The summed E-state index contributed by atoms with van der Waals surface area (Å²) in [5, 5.41) is 4.84. The molecule has 2 heterocycles. The first-order valence-electron chi connectivity index (χ1n) is 5.41. The fraction of sp³-hybridized carbons (Fsp3) is 0.700. The van der Waals surface area contributed by atoms with Crippen molar-refractivity contribution in [1.29, 1.82) is 0 Å². The summed E-state index contributed by atoms with van der Waals surface area (Å²) >= 11 is 6.07. The van der Waals surface area contributed by atoms with Crippen molar-refractivity contribution < 1.29 is 4.74 Å². The molecule has 0 bridgehead atoms. The molecule has 0 aliphatic carbocycles. The molecular weight excluding hydrogens is 263 g/mol. The first-order chi connectivity index (χ1) is 7.70. The van der Waals surface area contributed by atoms with Crippen LogP contribution in [0.3, 0.4) is 0 Å². The van der Waals surface area contributed by atoms with Crippen LogP contribution in [0.15, 0.2) is 6.20 Å². The maximum atomic E-state index is 6.07. The molecule has 1 aromatic rings. The SMILES string of the molecule is Cl.Cn1ncc(Cl)c1CN1CCOC(CN)C1. The van der Waals surface area contributed by atoms with Crippen molar-refractivity contribution in [3.05, 3.63) is 16.9 Å². The molecule has 7 heteroatoms. The van der Waals surface area contributed by atoms with Crippen LogP contribution in [-0.2, 0) is 18.3 Å². The standard InChI is InChI=1S/C10H17ClN4O.ClH/c1-14-10(9(11)5-13-14)7-15-2-3-16-8(4-12)6-15;/h5,8H,2-4,6-7,12H2,1H3;1H. The van der Waals surface area contributed by atoms with E-state index >= 15 is 0 Å². The highest BCUT2D eigenvalue weighted by Gasteiger charge is 2.20. The normalized spacial score (nSPS) is 21.2. The van der Waals surface area contributed by atoms with Crippen LogP contribution in [0, 0.1) is 0 Å². The molecule has 0 saturated carbocycles. The maximum Gasteiger partial charge on any atom is 0.0831 e. The molecule has 1 aromatic heterocycles. The Bertz CT molecular complexity index is 339. The lowest BCUT2D eigenvalue weighted by molar-refractivity contribution is -0.0267. The number of ether oxygens (including phenoxy) is 1. The minimum Gasteiger partial charge on any atom is -0.374 e. The van der Waals surface area contributed by atoms with Gasteiger partial charge >= 0.3 is 0 Å². The van der Waals surface area contributed by atoms with Crippen LogP contribution in [0.1, 0.15) is 5.69 Å². The number of nitrogens with two attached hydrogens (primary N) is 1. The predicted octanol–water partition coefficient (Wildman–Crippen LogP) is 0.655. The Kier molecular flexibility index (Phi) is 5.69. The minimum atomic E-state index is 0. The predicted molar refractivity (Wildman–Crippen MR) is 69.5 cm³/mol. The van der Waals surface area contributed by atoms with E-state index in [1.165, 1.54) is 0 Å². The lowest BCUT2D eigenvalue weighted by Gasteiger charge is -2.32. The molecule has 1 aliphatic rings. The molecule has 0 amide bonds. The molecule has 0 radical (unpaired) electrons. The van der Waals surface area contributed by atoms with Crippen LogP contribution in [-0.4, -0.2) is 47.0 Å². The third-order valence-corrected chi connectivity index (χ3v) is 3.19. The van der Waals surface area contributed by atoms with E-state index in [4.69, 9.17) is 22.1 Å². The van der Waals surface area contributed by atoms with Gasteiger partial charge in [-0.2, -0.15) is 5.10 Å². The summed E-state index contributed by atoms with van der Waals surface area (Å²) in [6, 6.07) is 0. The zero-order valence-electron chi connectivity index (χ0n) is 9.80. The molecule has 0 spiro atoms. The Balaban J connectivity index is 0.00000144. The van der Waals surface area contributed by atoms with Crippen molar-refractivity contribution in [3.8, 4) is 0 Å². The summed E-state index contributed by atoms with van der Waals surface area (Å²) in [6.07, 6.45) is 1.82. The topological polar surface area (TPSA) is 56.3 Å². The van der Waals surface area contributed by atoms with E-state index in [-0.39, 0.29) is 18.5 Å². The van der Waals surface area contributed by atoms with Crippen molar-refractivity contribution in [1.82, 2.24) is 14.7 Å². The fourth-order valence-corrected chi connectivity index (χ4v) is 2.12. The molecular formula is C10H18Cl2N4O. The number of aromatic nitrogens is 2. The van der Waals surface area contributed by atoms with Gasteiger partial charge in [-0.3, -0.25) is 9.58 Å². The highest BCUT2D eigenvalue weighted by Crippen LogP contribution is 2.17. The minimum absolute atomic E-state index is 0. The average Bonchev–Trinajstić information content (AvgIpc) is 2.61. The molecule has 2 rings (SSSR count). The molecule has 1 aliphatic heterocycles. The largest absolute Gasteiger partial charge is 0.374 e. The molecule has 1 fully saturated rings. The van der Waals surface area contributed by atoms with Crippen LogP contribution in [0.5, 0.6) is 0 Å². The Morgan fingerprint density at radius 2 is 2.41 bits per heavy atom. The Morgan fingerprint density at radius 3 is 3.00 bits per heavy atom. The summed E-state index contributed by atoms with van der Waals surface area (Å²) in [4.78, 5) is 2.30. The van der Waals surface area contributed by atoms with Gasteiger partial charge in [0.1, 0.15) is 0 Å². The van der Waals surface area contributed by atoms with Crippen molar-refractivity contribution >= 4 is 24.0 Å². The van der Waals surface area contributed by atoms with Crippen molar-refractivity contribution in [2.24, 2.45) is 12.8 Å². The monoisotopic (exact) mass is 280 g/mol. The molecule has 1 unspecified atom stereocenters. The summed E-state index contributed by atoms with van der Waals surface area (Å²) in [6.45, 7) is 3.87. The number of aryl methyl sites for hydroxylation is 1. The smallest absolute Gasteiger partial charge is 0.0831 e. The van der Waals surface area contributed by atoms with E-state index < -0.39 is 0 Å². The van der Waals surface area contributed by atoms with Crippen LogP contribution >= 0.6 is 24.0 Å². The highest BCUT2D eigenvalue weighted by atomic mass is 35.5. The highest BCUT2D eigenvalue weighted by molar-refractivity contribution is 6.31. The average molecular weight is 281 g/mol. The van der Waals surface area contributed by atoms with Gasteiger partial charge in [-0.25, -0.2) is 0 Å². The second kappa shape index (κ2) is 6.56. The summed E-state index contributed by atoms with van der Waals surface area (Å²) in [7, 11) is 1.90. The van der Waals surface area contributed by atoms with E-state index in [9.17, 15) is 0 Å². The van der Waals surface area contributed by atoms with Crippen LogP contribution in [0.2, 0.25) is 5.02 Å². The van der Waals surface area contributed by atoms with Gasteiger partial charge in [0.05, 0.1) is 29.6 Å². The van der Waals surface area contributed by atoms with E-state index in [0.29, 0.717) is 6.54 Å². The van der Waals surface area contributed by atoms with E-state index in [2.05, 4.69) is 10.00 Å². The molecule has 5 nitrogen and oxygen atoms in total. The van der Waals surface area contributed by atoms with Crippen LogP contribution in [0.25, 0.3) is 0 Å². The second-order valence-electron chi connectivity index (χ2n) is 4.03. The van der Waals surface area contributed by atoms with Gasteiger partial charge in [-0.15, -0.1) is 12.4 Å². The van der Waals surface area contributed by atoms with Gasteiger partial charge in [0.25, 0.3) is 0 Å². The lowest BCUT2D eigenvalue weighted by Crippen LogP contribution is -2.45. The molecule has 2 N–H and O–H groups in total. The lowest BCUT2D eigenvalue weighted by atomic mass is 10.2. The summed E-state index contributed by atoms with van der Waals surface area (Å²) in [5.74, 6) is 0. The third-order valence-electron chi connectivity index (χ3n) is 2.87. The zero-order valence-corrected chi connectivity index (χ0v) is 11.4. The fourth-order valence-electron chi connectivity index (χ4n) is 1.89. The van der Waals surface area contributed by atoms with Gasteiger partial charge in [-0.05, 0) is 0 Å². The first-order valence-corrected chi connectivity index (χ1v) is 5.79. The Labute approximate surface area is 112 Å². The Morgan fingerprint density at radius 1 is 1.65 bits per heavy atom. The van der Waals surface area contributed by atoms with Crippen molar-refractivity contribution in [2.45, 2.75) is 12.6 Å². The van der Waals surface area contributed by atoms with Gasteiger partial charge in [0, 0.05) is 33.2 Å². The number of hydrogen-bond donors (Lipinski definition) is 1. The van der Waals surface area contributed by atoms with Gasteiger partial charge in [0.2, 0.25) is 0 Å². The van der Waals surface area contributed by atoms with Gasteiger partial charge < -0.3 is 10.5 Å². The second-order valence-corrected chi connectivity index (χ2v) is 4.43. The van der Waals surface area contributed by atoms with Crippen LogP contribution in [0.4, 0.5) is 0 Å². The number of hydrogen-bond acceptors (Lipinski definition) is 4. The van der Waals surface area contributed by atoms with E-state index in [0.717, 1.165) is 37.0 Å². The third kappa shape index (κ3) is 3.56. The molecule has 0 aromatic carbocycles. The van der Waals surface area contributed by atoms with Crippen molar-refractivity contribution in [3.63, 3.8) is 0 Å². The van der Waals surface area contributed by atoms with Crippen LogP contribution < -0.4 is 5.73 Å². The molecule has 1 atom stereocenters. The van der Waals surface area contributed by atoms with Gasteiger partial charge in [-0.1, -0.05) is 11.6 Å². The summed E-state index contributed by atoms with van der Waals surface area (Å²) < 4.78 is 7.33. The summed E-state index contributed by atoms with van der Waals surface area (Å²) in [5.41, 5.74) is 6.64. The number of nitrogens with zero attached hydrogens (tertiary/aromatic N) is 3. The molecule has 1 saturated heterocycles. The van der Waals surface area contributed by atoms with Crippen molar-refractivity contribution in [2.75, 3.05) is 26.2 Å². The molecule has 17 heavy (non-hydrogen) atoms. The van der Waals surface area contributed by atoms with E-state index in [1.54, 1.807) is 6.20 Å². The molecule has 98 valence electrons. The van der Waals surface area contributed by atoms with Gasteiger partial charge in [0.15, 0.2) is 0 Å². The zero-order chi connectivity index (χ0) is 11.5. The quantitative estimate of drug-likeness (QED) is 0.884. The first kappa shape index (κ1) is 14.7. The number of rotatable bonds is 3. The Hall–Kier alpha value is -0.330. The maximum absolute atomic E-state index is 6.07.